The summed E-state index contributed by atoms with van der Waals surface area (Å²) in [4.78, 5) is 26.0. The van der Waals surface area contributed by atoms with Gasteiger partial charge in [-0.2, -0.15) is 5.26 Å². The lowest BCUT2D eigenvalue weighted by atomic mass is 10.1. The number of hydrogen-bond acceptors (Lipinski definition) is 8. The lowest BCUT2D eigenvalue weighted by Crippen LogP contribution is -2.31. The lowest BCUT2D eigenvalue weighted by molar-refractivity contribution is -0.111. The van der Waals surface area contributed by atoms with Crippen molar-refractivity contribution in [2.24, 2.45) is 7.05 Å². The Labute approximate surface area is 233 Å². The summed E-state index contributed by atoms with van der Waals surface area (Å²) in [6.45, 7) is 5.28. The van der Waals surface area contributed by atoms with Crippen molar-refractivity contribution in [3.63, 3.8) is 0 Å². The minimum absolute atomic E-state index is 0.294. The molecule has 2 aromatic carbocycles. The van der Waals surface area contributed by atoms with Gasteiger partial charge in [0.15, 0.2) is 0 Å². The number of amides is 1. The Morgan fingerprint density at radius 3 is 2.77 bits per heavy atom. The number of nitrogens with zero attached hydrogens (tertiary/aromatic N) is 6. The molecule has 0 unspecified atom stereocenters. The monoisotopic (exact) mass is 536 g/mol. The molecular weight excluding hydrogens is 504 g/mol. The maximum Gasteiger partial charge on any atom is 0.247 e. The van der Waals surface area contributed by atoms with Crippen molar-refractivity contribution in [1.29, 1.82) is 5.26 Å². The first-order valence-corrected chi connectivity index (χ1v) is 13.0. The van der Waals surface area contributed by atoms with Gasteiger partial charge >= 0.3 is 0 Å². The molecule has 0 bridgehead atoms. The van der Waals surface area contributed by atoms with Gasteiger partial charge in [-0.3, -0.25) is 4.79 Å². The lowest BCUT2D eigenvalue weighted by Gasteiger charge is -2.25. The van der Waals surface area contributed by atoms with Crippen LogP contribution in [0.25, 0.3) is 22.2 Å². The second-order valence-electron chi connectivity index (χ2n) is 9.98. The van der Waals surface area contributed by atoms with Crippen molar-refractivity contribution in [3.05, 3.63) is 67.0 Å². The van der Waals surface area contributed by atoms with Crippen molar-refractivity contribution in [3.8, 4) is 23.1 Å². The Balaban J connectivity index is 1.55. The molecule has 0 spiro atoms. The first-order valence-electron chi connectivity index (χ1n) is 13.0. The Hall–Kier alpha value is -4.88. The first-order chi connectivity index (χ1) is 19.3. The minimum atomic E-state index is -0.311. The molecule has 4 aromatic rings. The second-order valence-corrected chi connectivity index (χ2v) is 9.98. The van der Waals surface area contributed by atoms with Gasteiger partial charge in [0, 0.05) is 54.9 Å². The number of rotatable bonds is 8. The van der Waals surface area contributed by atoms with Gasteiger partial charge < -0.3 is 29.7 Å². The Bertz CT molecular complexity index is 1630. The number of benzene rings is 2. The Morgan fingerprint density at radius 1 is 1.27 bits per heavy atom. The van der Waals surface area contributed by atoms with E-state index in [4.69, 9.17) is 9.72 Å². The third-order valence-electron chi connectivity index (χ3n) is 7.30. The molecule has 10 nitrogen and oxygen atoms in total. The Kier molecular flexibility index (Phi) is 7.40. The molecule has 1 saturated heterocycles. The van der Waals surface area contributed by atoms with Crippen LogP contribution in [0, 0.1) is 11.3 Å². The van der Waals surface area contributed by atoms with Crippen LogP contribution in [-0.4, -0.2) is 65.7 Å². The molecule has 1 atom stereocenters. The van der Waals surface area contributed by atoms with E-state index in [1.165, 1.54) is 12.3 Å². The summed E-state index contributed by atoms with van der Waals surface area (Å²) in [5, 5.41) is 17.0. The quantitative estimate of drug-likeness (QED) is 0.316. The SMILES string of the molecule is C=CC(=O)Nc1cc(Nc2ncc(C#N)c(-c3cn(C)c4ccccc34)n2)c(OC)cc1N1CC[C@@H](N(C)C)C1. The molecule has 5 rings (SSSR count). The average Bonchev–Trinajstić information content (AvgIpc) is 3.59. The molecule has 1 aliphatic rings. The van der Waals surface area contributed by atoms with E-state index in [0.29, 0.717) is 40.4 Å². The minimum Gasteiger partial charge on any atom is -0.494 e. The average molecular weight is 537 g/mol. The van der Waals surface area contributed by atoms with E-state index in [2.05, 4.69) is 52.2 Å². The van der Waals surface area contributed by atoms with Gasteiger partial charge in [-0.05, 0) is 38.7 Å². The maximum absolute atomic E-state index is 12.4. The molecule has 40 heavy (non-hydrogen) atoms. The highest BCUT2D eigenvalue weighted by Crippen LogP contribution is 2.40. The summed E-state index contributed by atoms with van der Waals surface area (Å²) >= 11 is 0. The van der Waals surface area contributed by atoms with Gasteiger partial charge in [-0.15, -0.1) is 0 Å². The van der Waals surface area contributed by atoms with Crippen LogP contribution in [0.4, 0.5) is 23.0 Å². The molecule has 2 N–H and O–H groups in total. The fraction of sp³-hybridized carbons (Fsp3) is 0.267. The smallest absolute Gasteiger partial charge is 0.247 e. The van der Waals surface area contributed by atoms with Crippen LogP contribution in [0.15, 0.2) is 61.4 Å². The fourth-order valence-electron chi connectivity index (χ4n) is 5.14. The van der Waals surface area contributed by atoms with Crippen LogP contribution < -0.4 is 20.3 Å². The number of ether oxygens (including phenoxy) is 1. The number of likely N-dealkylation sites (N-methyl/N-ethyl adjacent to an activating group) is 1. The maximum atomic E-state index is 12.4. The molecule has 1 amide bonds. The van der Waals surface area contributed by atoms with Gasteiger partial charge in [0.1, 0.15) is 11.8 Å². The van der Waals surface area contributed by atoms with Gasteiger partial charge in [-0.1, -0.05) is 24.8 Å². The van der Waals surface area contributed by atoms with E-state index in [9.17, 15) is 10.1 Å². The largest absolute Gasteiger partial charge is 0.494 e. The molecular formula is C30H32N8O2. The van der Waals surface area contributed by atoms with Crippen molar-refractivity contribution in [1.82, 2.24) is 19.4 Å². The number of methoxy groups -OCH3 is 1. The zero-order valence-corrected chi connectivity index (χ0v) is 23.1. The van der Waals surface area contributed by atoms with Gasteiger partial charge in [0.05, 0.1) is 41.6 Å². The second kappa shape index (κ2) is 11.1. The van der Waals surface area contributed by atoms with E-state index in [-0.39, 0.29) is 5.91 Å². The third-order valence-corrected chi connectivity index (χ3v) is 7.30. The number of hydrogen-bond donors (Lipinski definition) is 2. The van der Waals surface area contributed by atoms with E-state index in [1.54, 1.807) is 7.11 Å². The molecule has 204 valence electrons. The number of para-hydroxylation sites is 1. The number of nitrogens with one attached hydrogen (secondary N) is 2. The predicted molar refractivity (Wildman–Crippen MR) is 158 cm³/mol. The number of aromatic nitrogens is 3. The van der Waals surface area contributed by atoms with Crippen LogP contribution >= 0.6 is 0 Å². The summed E-state index contributed by atoms with van der Waals surface area (Å²) in [6, 6.07) is 14.3. The number of carbonyl (C=O) groups excluding carboxylic acids is 1. The zero-order chi connectivity index (χ0) is 28.4. The molecule has 1 aliphatic heterocycles. The van der Waals surface area contributed by atoms with Gasteiger partial charge in [-0.25, -0.2) is 9.97 Å². The summed E-state index contributed by atoms with van der Waals surface area (Å²) in [5.74, 6) is 0.552. The molecule has 0 saturated carbocycles. The number of aryl methyl sites for hydroxylation is 1. The normalized spacial score (nSPS) is 14.8. The van der Waals surface area contributed by atoms with E-state index in [1.807, 2.05) is 54.2 Å². The van der Waals surface area contributed by atoms with Crippen LogP contribution in [-0.2, 0) is 11.8 Å². The molecule has 3 heterocycles. The number of anilines is 4. The highest BCUT2D eigenvalue weighted by Gasteiger charge is 2.27. The van der Waals surface area contributed by atoms with Gasteiger partial charge in [0.2, 0.25) is 11.9 Å². The fourth-order valence-corrected chi connectivity index (χ4v) is 5.14. The summed E-state index contributed by atoms with van der Waals surface area (Å²) in [5.41, 5.74) is 4.82. The molecule has 0 aliphatic carbocycles. The molecule has 1 fully saturated rings. The van der Waals surface area contributed by atoms with Crippen LogP contribution in [0.2, 0.25) is 0 Å². The van der Waals surface area contributed by atoms with E-state index >= 15 is 0 Å². The molecule has 0 radical (unpaired) electrons. The van der Waals surface area contributed by atoms with Crippen molar-refractivity contribution < 1.29 is 9.53 Å². The van der Waals surface area contributed by atoms with Crippen LogP contribution in [0.3, 0.4) is 0 Å². The summed E-state index contributed by atoms with van der Waals surface area (Å²) < 4.78 is 7.77. The van der Waals surface area contributed by atoms with Crippen molar-refractivity contribution >= 4 is 39.8 Å². The summed E-state index contributed by atoms with van der Waals surface area (Å²) in [6.07, 6.45) is 5.74. The summed E-state index contributed by atoms with van der Waals surface area (Å²) in [7, 11) is 7.71. The molecule has 10 heteroatoms. The number of nitriles is 1. The topological polar surface area (TPSA) is 111 Å². The first kappa shape index (κ1) is 26.7. The van der Waals surface area contributed by atoms with E-state index < -0.39 is 0 Å². The standard InChI is InChI=1S/C30H32N8O2/c1-6-28(39)33-23-13-24(27(40-5)14-26(23)38-12-11-20(17-38)36(2)3)34-30-32-16-19(15-31)29(35-30)22-18-37(4)25-10-8-7-9-21(22)25/h6-10,13-14,16,18,20H,1,11-12,17H2,2-5H3,(H,33,39)(H,32,34,35)/t20-/m1/s1. The van der Waals surface area contributed by atoms with Crippen molar-refractivity contribution in [2.45, 2.75) is 12.5 Å². The Morgan fingerprint density at radius 2 is 2.08 bits per heavy atom. The number of carbonyl (C=O) groups is 1. The van der Waals surface area contributed by atoms with E-state index in [0.717, 1.165) is 41.7 Å². The van der Waals surface area contributed by atoms with Crippen LogP contribution in [0.1, 0.15) is 12.0 Å². The van der Waals surface area contributed by atoms with Crippen molar-refractivity contribution in [2.75, 3.05) is 49.8 Å². The van der Waals surface area contributed by atoms with Crippen LogP contribution in [0.5, 0.6) is 5.75 Å². The molecule has 2 aromatic heterocycles. The zero-order valence-electron chi connectivity index (χ0n) is 23.1. The third kappa shape index (κ3) is 5.07. The van der Waals surface area contributed by atoms with Gasteiger partial charge in [0.25, 0.3) is 0 Å². The highest BCUT2D eigenvalue weighted by molar-refractivity contribution is 6.02. The highest BCUT2D eigenvalue weighted by atomic mass is 16.5. The number of fused-ring (bicyclic) bond motifs is 1. The predicted octanol–water partition coefficient (Wildman–Crippen LogP) is 4.52.